The molecule has 0 saturated heterocycles. The van der Waals surface area contributed by atoms with Gasteiger partial charge in [0.2, 0.25) is 5.91 Å². The number of amides is 1. The normalized spacial score (nSPS) is 10.6. The van der Waals surface area contributed by atoms with Crippen molar-refractivity contribution >= 4 is 12.0 Å². The van der Waals surface area contributed by atoms with Gasteiger partial charge in [-0.15, -0.1) is 0 Å². The minimum Gasteiger partial charge on any atom is -0.497 e. The van der Waals surface area contributed by atoms with Gasteiger partial charge in [-0.2, -0.15) is 0 Å². The molecule has 2 rings (SSSR count). The van der Waals surface area contributed by atoms with Gasteiger partial charge < -0.3 is 14.4 Å². The van der Waals surface area contributed by atoms with Crippen molar-refractivity contribution < 1.29 is 14.3 Å². The second-order valence-electron chi connectivity index (χ2n) is 5.00. The summed E-state index contributed by atoms with van der Waals surface area (Å²) in [5, 5.41) is 0. The minimum atomic E-state index is -0.0984. The van der Waals surface area contributed by atoms with Crippen LogP contribution in [-0.2, 0) is 11.3 Å². The van der Waals surface area contributed by atoms with Crippen LogP contribution in [0, 0.1) is 0 Å². The summed E-state index contributed by atoms with van der Waals surface area (Å²) in [6.45, 7) is 0.506. The van der Waals surface area contributed by atoms with E-state index in [1.54, 1.807) is 44.6 Å². The largest absolute Gasteiger partial charge is 0.497 e. The van der Waals surface area contributed by atoms with Gasteiger partial charge >= 0.3 is 0 Å². The van der Waals surface area contributed by atoms with E-state index < -0.39 is 0 Å². The fourth-order valence-corrected chi connectivity index (χ4v) is 2.10. The van der Waals surface area contributed by atoms with E-state index in [1.165, 1.54) is 6.08 Å². The van der Waals surface area contributed by atoms with Crippen molar-refractivity contribution in [3.05, 3.63) is 59.9 Å². The lowest BCUT2D eigenvalue weighted by Gasteiger charge is -2.15. The number of rotatable bonds is 6. The molecule has 0 spiro atoms. The average molecular weight is 312 g/mol. The van der Waals surface area contributed by atoms with Gasteiger partial charge in [0.05, 0.1) is 14.2 Å². The second kappa shape index (κ2) is 7.98. The van der Waals surface area contributed by atoms with Gasteiger partial charge in [0.15, 0.2) is 0 Å². The van der Waals surface area contributed by atoms with Crippen molar-refractivity contribution in [2.75, 3.05) is 21.3 Å². The Hall–Kier alpha value is -2.82. The number of methoxy groups -OCH3 is 2. The van der Waals surface area contributed by atoms with Gasteiger partial charge in [-0.05, 0) is 35.9 Å². The summed E-state index contributed by atoms with van der Waals surface area (Å²) in [7, 11) is 4.94. The summed E-state index contributed by atoms with van der Waals surface area (Å²) in [6.07, 6.45) is 6.70. The lowest BCUT2D eigenvalue weighted by Crippen LogP contribution is -2.24. The third kappa shape index (κ3) is 4.57. The number of ether oxygens (including phenoxy) is 2. The summed E-state index contributed by atoms with van der Waals surface area (Å²) in [5.41, 5.74) is 1.77. The Bertz CT molecular complexity index is 684. The molecule has 0 atom stereocenters. The number of hydrogen-bond donors (Lipinski definition) is 0. The van der Waals surface area contributed by atoms with Crippen molar-refractivity contribution in [2.45, 2.75) is 6.54 Å². The van der Waals surface area contributed by atoms with Crippen molar-refractivity contribution in [1.82, 2.24) is 9.88 Å². The van der Waals surface area contributed by atoms with Gasteiger partial charge in [0.25, 0.3) is 0 Å². The first kappa shape index (κ1) is 16.5. The van der Waals surface area contributed by atoms with E-state index in [9.17, 15) is 4.79 Å². The Morgan fingerprint density at radius 2 is 2.09 bits per heavy atom. The number of pyridine rings is 1. The molecule has 1 aromatic carbocycles. The van der Waals surface area contributed by atoms with Gasteiger partial charge in [-0.3, -0.25) is 9.78 Å². The van der Waals surface area contributed by atoms with E-state index in [-0.39, 0.29) is 5.91 Å². The molecule has 0 unspecified atom stereocenters. The molecule has 2 aromatic rings. The van der Waals surface area contributed by atoms with Gasteiger partial charge in [0, 0.05) is 37.6 Å². The Balaban J connectivity index is 2.08. The van der Waals surface area contributed by atoms with Crippen LogP contribution in [-0.4, -0.2) is 37.1 Å². The highest BCUT2D eigenvalue weighted by Crippen LogP contribution is 2.25. The van der Waals surface area contributed by atoms with Crippen molar-refractivity contribution in [1.29, 1.82) is 0 Å². The number of likely N-dealkylation sites (N-methyl/N-ethyl adjacent to an activating group) is 1. The zero-order chi connectivity index (χ0) is 16.7. The maximum Gasteiger partial charge on any atom is 0.246 e. The molecule has 0 radical (unpaired) electrons. The van der Waals surface area contributed by atoms with Crippen LogP contribution < -0.4 is 9.47 Å². The van der Waals surface area contributed by atoms with E-state index in [4.69, 9.17) is 9.47 Å². The summed E-state index contributed by atoms with van der Waals surface area (Å²) >= 11 is 0. The minimum absolute atomic E-state index is 0.0984. The highest BCUT2D eigenvalue weighted by molar-refractivity contribution is 5.92. The van der Waals surface area contributed by atoms with Crippen molar-refractivity contribution in [3.8, 4) is 11.5 Å². The molecule has 0 fully saturated rings. The topological polar surface area (TPSA) is 51.7 Å². The number of carbonyl (C=O) groups is 1. The van der Waals surface area contributed by atoms with Crippen molar-refractivity contribution in [2.24, 2.45) is 0 Å². The van der Waals surface area contributed by atoms with E-state index in [0.717, 1.165) is 11.1 Å². The third-order valence-corrected chi connectivity index (χ3v) is 3.36. The zero-order valence-corrected chi connectivity index (χ0v) is 13.5. The standard InChI is InChI=1S/C18H20N2O3/c1-20(13-14-5-4-10-19-12-14)18(21)9-6-15-11-16(22-2)7-8-17(15)23-3/h4-12H,13H2,1-3H3/b9-6+. The fraction of sp³-hybridized carbons (Fsp3) is 0.222. The SMILES string of the molecule is COc1ccc(OC)c(/C=C/C(=O)N(C)Cc2cccnc2)c1. The molecule has 0 aliphatic heterocycles. The maximum absolute atomic E-state index is 12.2. The maximum atomic E-state index is 12.2. The predicted octanol–water partition coefficient (Wildman–Crippen LogP) is 2.77. The molecule has 0 N–H and O–H groups in total. The Morgan fingerprint density at radius 3 is 2.74 bits per heavy atom. The van der Waals surface area contributed by atoms with E-state index >= 15 is 0 Å². The van der Waals surface area contributed by atoms with E-state index in [1.807, 2.05) is 30.3 Å². The molecule has 120 valence electrons. The van der Waals surface area contributed by atoms with Gasteiger partial charge in [-0.25, -0.2) is 0 Å². The monoisotopic (exact) mass is 312 g/mol. The number of carbonyl (C=O) groups excluding carboxylic acids is 1. The fourth-order valence-electron chi connectivity index (χ4n) is 2.10. The summed E-state index contributed by atoms with van der Waals surface area (Å²) in [5.74, 6) is 1.30. The average Bonchev–Trinajstić information content (AvgIpc) is 2.60. The van der Waals surface area contributed by atoms with Crippen LogP contribution in [0.4, 0.5) is 0 Å². The van der Waals surface area contributed by atoms with Gasteiger partial charge in [-0.1, -0.05) is 6.07 Å². The third-order valence-electron chi connectivity index (χ3n) is 3.36. The first-order chi connectivity index (χ1) is 11.1. The number of benzene rings is 1. The van der Waals surface area contributed by atoms with E-state index in [0.29, 0.717) is 18.0 Å². The first-order valence-corrected chi connectivity index (χ1v) is 7.18. The quantitative estimate of drug-likeness (QED) is 0.770. The lowest BCUT2D eigenvalue weighted by molar-refractivity contribution is -0.125. The summed E-state index contributed by atoms with van der Waals surface area (Å²) in [6, 6.07) is 9.23. The van der Waals surface area contributed by atoms with Crippen LogP contribution in [0.25, 0.3) is 6.08 Å². The van der Waals surface area contributed by atoms with Crippen LogP contribution in [0.2, 0.25) is 0 Å². The molecule has 0 bridgehead atoms. The van der Waals surface area contributed by atoms with Crippen molar-refractivity contribution in [3.63, 3.8) is 0 Å². The Morgan fingerprint density at radius 1 is 1.26 bits per heavy atom. The second-order valence-corrected chi connectivity index (χ2v) is 5.00. The molecule has 1 aromatic heterocycles. The lowest BCUT2D eigenvalue weighted by atomic mass is 10.1. The molecule has 23 heavy (non-hydrogen) atoms. The molecular formula is C18H20N2O3. The predicted molar refractivity (Wildman–Crippen MR) is 89.3 cm³/mol. The molecule has 1 amide bonds. The zero-order valence-electron chi connectivity index (χ0n) is 13.5. The molecular weight excluding hydrogens is 292 g/mol. The Labute approximate surface area is 136 Å². The Kier molecular flexibility index (Phi) is 5.74. The number of aromatic nitrogens is 1. The summed E-state index contributed by atoms with van der Waals surface area (Å²) < 4.78 is 10.5. The first-order valence-electron chi connectivity index (χ1n) is 7.18. The van der Waals surface area contributed by atoms with Crippen LogP contribution >= 0.6 is 0 Å². The number of nitrogens with zero attached hydrogens (tertiary/aromatic N) is 2. The van der Waals surface area contributed by atoms with Gasteiger partial charge in [0.1, 0.15) is 11.5 Å². The molecule has 5 nitrogen and oxygen atoms in total. The molecule has 1 heterocycles. The molecule has 0 aliphatic carbocycles. The highest BCUT2D eigenvalue weighted by Gasteiger charge is 2.07. The molecule has 0 aliphatic rings. The van der Waals surface area contributed by atoms with Crippen LogP contribution in [0.15, 0.2) is 48.8 Å². The van der Waals surface area contributed by atoms with Crippen LogP contribution in [0.5, 0.6) is 11.5 Å². The smallest absolute Gasteiger partial charge is 0.246 e. The molecule has 5 heteroatoms. The van der Waals surface area contributed by atoms with E-state index in [2.05, 4.69) is 4.98 Å². The summed E-state index contributed by atoms with van der Waals surface area (Å²) in [4.78, 5) is 17.9. The van der Waals surface area contributed by atoms with Crippen LogP contribution in [0.3, 0.4) is 0 Å². The molecule has 0 saturated carbocycles. The number of hydrogen-bond acceptors (Lipinski definition) is 4. The van der Waals surface area contributed by atoms with Crippen LogP contribution in [0.1, 0.15) is 11.1 Å². The highest BCUT2D eigenvalue weighted by atomic mass is 16.5.